The normalized spacial score (nSPS) is 11.9. The van der Waals surface area contributed by atoms with E-state index in [2.05, 4.69) is 92.4 Å². The van der Waals surface area contributed by atoms with E-state index in [4.69, 9.17) is 9.47 Å². The average molecular weight is 430 g/mol. The number of hydrogen-bond donors (Lipinski definition) is 0. The molecule has 0 N–H and O–H groups in total. The molecule has 32 heavy (non-hydrogen) atoms. The van der Waals surface area contributed by atoms with Gasteiger partial charge in [-0.25, -0.2) is 0 Å². The zero-order valence-electron chi connectivity index (χ0n) is 19.8. The topological polar surface area (TPSA) is 21.7 Å². The minimum absolute atomic E-state index is 0.703. The van der Waals surface area contributed by atoms with Crippen molar-refractivity contribution in [2.45, 2.75) is 27.2 Å². The second-order valence-corrected chi connectivity index (χ2v) is 7.70. The fourth-order valence-corrected chi connectivity index (χ4v) is 3.99. The van der Waals surface area contributed by atoms with Crippen molar-refractivity contribution in [1.82, 2.24) is 4.90 Å². The summed E-state index contributed by atoms with van der Waals surface area (Å²) < 4.78 is 11.4. The maximum Gasteiger partial charge on any atom is 0.119 e. The van der Waals surface area contributed by atoms with Crippen LogP contribution < -0.4 is 9.47 Å². The first-order chi connectivity index (χ1) is 15.7. The second-order valence-electron chi connectivity index (χ2n) is 7.70. The number of methoxy groups -OCH3 is 1. The Labute approximate surface area is 193 Å². The van der Waals surface area contributed by atoms with E-state index in [0.29, 0.717) is 6.61 Å². The highest BCUT2D eigenvalue weighted by molar-refractivity contribution is 5.98. The quantitative estimate of drug-likeness (QED) is 0.313. The van der Waals surface area contributed by atoms with E-state index in [-0.39, 0.29) is 0 Å². The van der Waals surface area contributed by atoms with Gasteiger partial charge in [0.2, 0.25) is 0 Å². The first-order valence-electron chi connectivity index (χ1n) is 11.6. The predicted octanol–water partition coefficient (Wildman–Crippen LogP) is 6.78. The average Bonchev–Trinajstić information content (AvgIpc) is 2.86. The SMILES string of the molecule is CC/C(=C(/c1ccccc1)c1ccc(OCCN(CC)CC)cc1)c1ccc(OC)cc1. The van der Waals surface area contributed by atoms with Gasteiger partial charge in [0.25, 0.3) is 0 Å². The summed E-state index contributed by atoms with van der Waals surface area (Å²) in [5, 5.41) is 0. The molecule has 3 rings (SSSR count). The monoisotopic (exact) mass is 429 g/mol. The molecule has 3 aromatic rings. The van der Waals surface area contributed by atoms with Gasteiger partial charge in [-0.2, -0.15) is 0 Å². The van der Waals surface area contributed by atoms with Crippen LogP contribution in [0.3, 0.4) is 0 Å². The number of nitrogens with zero attached hydrogens (tertiary/aromatic N) is 1. The summed E-state index contributed by atoms with van der Waals surface area (Å²) >= 11 is 0. The summed E-state index contributed by atoms with van der Waals surface area (Å²) in [5.41, 5.74) is 6.20. The van der Waals surface area contributed by atoms with E-state index in [1.807, 2.05) is 12.1 Å². The van der Waals surface area contributed by atoms with Gasteiger partial charge in [-0.1, -0.05) is 75.4 Å². The van der Waals surface area contributed by atoms with E-state index >= 15 is 0 Å². The Kier molecular flexibility index (Phi) is 8.94. The summed E-state index contributed by atoms with van der Waals surface area (Å²) in [7, 11) is 1.70. The Bertz CT molecular complexity index is 972. The van der Waals surface area contributed by atoms with Crippen molar-refractivity contribution in [1.29, 1.82) is 0 Å². The van der Waals surface area contributed by atoms with Crippen LogP contribution in [0.5, 0.6) is 11.5 Å². The van der Waals surface area contributed by atoms with Crippen molar-refractivity contribution in [2.75, 3.05) is 33.4 Å². The lowest BCUT2D eigenvalue weighted by Crippen LogP contribution is -2.27. The second kappa shape index (κ2) is 12.1. The van der Waals surface area contributed by atoms with Gasteiger partial charge >= 0.3 is 0 Å². The molecule has 0 unspecified atom stereocenters. The van der Waals surface area contributed by atoms with Crippen molar-refractivity contribution < 1.29 is 9.47 Å². The molecule has 0 heterocycles. The number of hydrogen-bond acceptors (Lipinski definition) is 3. The summed E-state index contributed by atoms with van der Waals surface area (Å²) in [5.74, 6) is 1.78. The third-order valence-corrected chi connectivity index (χ3v) is 5.87. The van der Waals surface area contributed by atoms with Crippen LogP contribution in [-0.2, 0) is 0 Å². The number of benzene rings is 3. The highest BCUT2D eigenvalue weighted by atomic mass is 16.5. The number of likely N-dealkylation sites (N-methyl/N-ethyl adjacent to an activating group) is 1. The minimum atomic E-state index is 0.703. The standard InChI is InChI=1S/C29H35NO2/c1-5-28(23-13-17-26(31-4)18-14-23)29(24-11-9-8-10-12-24)25-15-19-27(20-16-25)32-22-21-30(6-2)7-3/h8-20H,5-7,21-22H2,1-4H3/b29-28+. The Morgan fingerprint density at radius 3 is 1.81 bits per heavy atom. The van der Waals surface area contributed by atoms with Crippen LogP contribution in [0.15, 0.2) is 78.9 Å². The first-order valence-corrected chi connectivity index (χ1v) is 11.6. The molecule has 0 bridgehead atoms. The molecular formula is C29H35NO2. The molecule has 3 aromatic carbocycles. The summed E-state index contributed by atoms with van der Waals surface area (Å²) in [6.45, 7) is 10.3. The lowest BCUT2D eigenvalue weighted by molar-refractivity contribution is 0.223. The largest absolute Gasteiger partial charge is 0.497 e. The molecule has 0 aromatic heterocycles. The first kappa shape index (κ1) is 23.6. The Balaban J connectivity index is 1.93. The number of ether oxygens (including phenoxy) is 2. The number of allylic oxidation sites excluding steroid dienone is 1. The highest BCUT2D eigenvalue weighted by Crippen LogP contribution is 2.35. The van der Waals surface area contributed by atoms with Gasteiger partial charge in [0.1, 0.15) is 18.1 Å². The molecule has 0 aliphatic carbocycles. The zero-order chi connectivity index (χ0) is 22.8. The maximum absolute atomic E-state index is 6.01. The molecule has 0 radical (unpaired) electrons. The Morgan fingerprint density at radius 2 is 1.25 bits per heavy atom. The van der Waals surface area contributed by atoms with Crippen LogP contribution in [0.25, 0.3) is 11.1 Å². The molecule has 0 amide bonds. The van der Waals surface area contributed by atoms with Crippen molar-refractivity contribution >= 4 is 11.1 Å². The van der Waals surface area contributed by atoms with Crippen LogP contribution in [0.1, 0.15) is 43.9 Å². The van der Waals surface area contributed by atoms with Crippen molar-refractivity contribution in [3.8, 4) is 11.5 Å². The minimum Gasteiger partial charge on any atom is -0.497 e. The van der Waals surface area contributed by atoms with E-state index < -0.39 is 0 Å². The molecule has 0 fully saturated rings. The maximum atomic E-state index is 6.01. The molecule has 0 saturated heterocycles. The summed E-state index contributed by atoms with van der Waals surface area (Å²) in [6, 6.07) is 27.5. The Morgan fingerprint density at radius 1 is 0.688 bits per heavy atom. The van der Waals surface area contributed by atoms with Crippen LogP contribution in [0.4, 0.5) is 0 Å². The predicted molar refractivity (Wildman–Crippen MR) is 135 cm³/mol. The van der Waals surface area contributed by atoms with E-state index in [1.54, 1.807) is 7.11 Å². The van der Waals surface area contributed by atoms with Gasteiger partial charge in [-0.05, 0) is 71.6 Å². The molecule has 0 spiro atoms. The molecule has 0 aliphatic heterocycles. The Hall–Kier alpha value is -3.04. The summed E-state index contributed by atoms with van der Waals surface area (Å²) in [4.78, 5) is 2.37. The molecular weight excluding hydrogens is 394 g/mol. The van der Waals surface area contributed by atoms with Gasteiger partial charge in [0, 0.05) is 6.54 Å². The van der Waals surface area contributed by atoms with Gasteiger partial charge in [0.05, 0.1) is 7.11 Å². The molecule has 168 valence electrons. The molecule has 3 nitrogen and oxygen atoms in total. The molecule has 0 saturated carbocycles. The van der Waals surface area contributed by atoms with Crippen LogP contribution in [-0.4, -0.2) is 38.3 Å². The van der Waals surface area contributed by atoms with E-state index in [1.165, 1.54) is 27.8 Å². The van der Waals surface area contributed by atoms with Gasteiger partial charge in [-0.3, -0.25) is 0 Å². The number of rotatable bonds is 11. The highest BCUT2D eigenvalue weighted by Gasteiger charge is 2.13. The van der Waals surface area contributed by atoms with Gasteiger partial charge in [0.15, 0.2) is 0 Å². The third-order valence-electron chi connectivity index (χ3n) is 5.87. The molecule has 0 aliphatic rings. The van der Waals surface area contributed by atoms with Crippen LogP contribution in [0.2, 0.25) is 0 Å². The summed E-state index contributed by atoms with van der Waals surface area (Å²) in [6.07, 6.45) is 0.929. The van der Waals surface area contributed by atoms with Crippen LogP contribution >= 0.6 is 0 Å². The van der Waals surface area contributed by atoms with E-state index in [9.17, 15) is 0 Å². The van der Waals surface area contributed by atoms with E-state index in [0.717, 1.165) is 37.6 Å². The lowest BCUT2D eigenvalue weighted by atomic mass is 9.88. The smallest absolute Gasteiger partial charge is 0.119 e. The van der Waals surface area contributed by atoms with Crippen LogP contribution in [0, 0.1) is 0 Å². The fraction of sp³-hybridized carbons (Fsp3) is 0.310. The fourth-order valence-electron chi connectivity index (χ4n) is 3.99. The van der Waals surface area contributed by atoms with Gasteiger partial charge < -0.3 is 14.4 Å². The third kappa shape index (κ3) is 6.02. The van der Waals surface area contributed by atoms with Gasteiger partial charge in [-0.15, -0.1) is 0 Å². The van der Waals surface area contributed by atoms with Crippen molar-refractivity contribution in [3.05, 3.63) is 95.6 Å². The van der Waals surface area contributed by atoms with Crippen molar-refractivity contribution in [3.63, 3.8) is 0 Å². The lowest BCUT2D eigenvalue weighted by Gasteiger charge is -2.19. The molecule has 0 atom stereocenters. The zero-order valence-corrected chi connectivity index (χ0v) is 19.8. The molecule has 3 heteroatoms. The van der Waals surface area contributed by atoms with Crippen molar-refractivity contribution in [2.24, 2.45) is 0 Å².